The fourth-order valence-electron chi connectivity index (χ4n) is 3.41. The summed E-state index contributed by atoms with van der Waals surface area (Å²) in [6.45, 7) is 7.37. The standard InChI is InChI=1S/C26H30N2O4S/c1-5-21-8-6-7-9-25(21)28(33(30,31)24-16-10-20(4)11-17-24)18-26(29)27-22-12-14-23(15-13-22)32-19(2)3/h6-17,19H,5,18H2,1-4H3,(H,27,29). The van der Waals surface area contributed by atoms with Gasteiger partial charge in [-0.25, -0.2) is 8.42 Å². The van der Waals surface area contributed by atoms with Gasteiger partial charge in [0.2, 0.25) is 5.91 Å². The molecule has 0 unspecified atom stereocenters. The zero-order chi connectivity index (χ0) is 24.0. The summed E-state index contributed by atoms with van der Waals surface area (Å²) in [6, 6.07) is 20.9. The van der Waals surface area contributed by atoms with Crippen LogP contribution in [-0.2, 0) is 21.2 Å². The van der Waals surface area contributed by atoms with Gasteiger partial charge in [0.05, 0.1) is 16.7 Å². The number of rotatable bonds is 9. The Morgan fingerprint density at radius 1 is 0.970 bits per heavy atom. The van der Waals surface area contributed by atoms with Crippen LogP contribution in [0.1, 0.15) is 31.9 Å². The molecular weight excluding hydrogens is 436 g/mol. The third-order valence-electron chi connectivity index (χ3n) is 5.05. The number of para-hydroxylation sites is 1. The molecule has 0 aliphatic heterocycles. The number of ether oxygens (including phenoxy) is 1. The molecule has 3 aromatic carbocycles. The van der Waals surface area contributed by atoms with Crippen LogP contribution in [0.25, 0.3) is 0 Å². The number of hydrogen-bond donors (Lipinski definition) is 1. The van der Waals surface area contributed by atoms with Crippen molar-refractivity contribution in [3.05, 3.63) is 83.9 Å². The summed E-state index contributed by atoms with van der Waals surface area (Å²) < 4.78 is 34.0. The van der Waals surface area contributed by atoms with Crippen LogP contribution in [0.4, 0.5) is 11.4 Å². The molecule has 0 aromatic heterocycles. The van der Waals surface area contributed by atoms with Crippen molar-refractivity contribution in [2.75, 3.05) is 16.2 Å². The van der Waals surface area contributed by atoms with E-state index >= 15 is 0 Å². The highest BCUT2D eigenvalue weighted by Gasteiger charge is 2.28. The third kappa shape index (κ3) is 6.14. The van der Waals surface area contributed by atoms with Gasteiger partial charge >= 0.3 is 0 Å². The molecule has 0 saturated carbocycles. The first kappa shape index (κ1) is 24.3. The lowest BCUT2D eigenvalue weighted by Gasteiger charge is -2.26. The second-order valence-corrected chi connectivity index (χ2v) is 9.91. The summed E-state index contributed by atoms with van der Waals surface area (Å²) >= 11 is 0. The van der Waals surface area contributed by atoms with Crippen molar-refractivity contribution < 1.29 is 17.9 Å². The number of nitrogens with zero attached hydrogens (tertiary/aromatic N) is 1. The normalized spacial score (nSPS) is 11.3. The van der Waals surface area contributed by atoms with E-state index in [-0.39, 0.29) is 17.5 Å². The first-order valence-electron chi connectivity index (χ1n) is 10.9. The molecule has 0 aliphatic carbocycles. The molecule has 0 heterocycles. The summed E-state index contributed by atoms with van der Waals surface area (Å²) in [6.07, 6.45) is 0.680. The van der Waals surface area contributed by atoms with Gasteiger partial charge in [-0.3, -0.25) is 9.10 Å². The fraction of sp³-hybridized carbons (Fsp3) is 0.269. The number of anilines is 2. The van der Waals surface area contributed by atoms with E-state index in [4.69, 9.17) is 4.74 Å². The van der Waals surface area contributed by atoms with Crippen LogP contribution < -0.4 is 14.4 Å². The van der Waals surface area contributed by atoms with Crippen molar-refractivity contribution in [3.63, 3.8) is 0 Å². The van der Waals surface area contributed by atoms with Crippen molar-refractivity contribution >= 4 is 27.3 Å². The van der Waals surface area contributed by atoms with Gasteiger partial charge in [0.15, 0.2) is 0 Å². The van der Waals surface area contributed by atoms with E-state index in [1.54, 1.807) is 60.7 Å². The van der Waals surface area contributed by atoms with Crippen molar-refractivity contribution in [1.29, 1.82) is 0 Å². The Balaban J connectivity index is 1.90. The number of benzene rings is 3. The lowest BCUT2D eigenvalue weighted by atomic mass is 10.1. The molecule has 7 heteroatoms. The third-order valence-corrected chi connectivity index (χ3v) is 6.82. The predicted octanol–water partition coefficient (Wildman–Crippen LogP) is 5.18. The van der Waals surface area contributed by atoms with Crippen molar-refractivity contribution in [2.24, 2.45) is 0 Å². The lowest BCUT2D eigenvalue weighted by Crippen LogP contribution is -2.38. The van der Waals surface area contributed by atoms with E-state index < -0.39 is 15.9 Å². The van der Waals surface area contributed by atoms with Crippen LogP contribution in [-0.4, -0.2) is 27.0 Å². The molecule has 1 amide bonds. The van der Waals surface area contributed by atoms with E-state index in [0.717, 1.165) is 11.1 Å². The SMILES string of the molecule is CCc1ccccc1N(CC(=O)Nc1ccc(OC(C)C)cc1)S(=O)(=O)c1ccc(C)cc1. The average Bonchev–Trinajstić information content (AvgIpc) is 2.78. The molecule has 0 fully saturated rings. The highest BCUT2D eigenvalue weighted by atomic mass is 32.2. The summed E-state index contributed by atoms with van der Waals surface area (Å²) in [5.41, 5.74) is 2.86. The molecule has 33 heavy (non-hydrogen) atoms. The molecule has 174 valence electrons. The Morgan fingerprint density at radius 3 is 2.21 bits per heavy atom. The van der Waals surface area contributed by atoms with Gasteiger partial charge in [0, 0.05) is 5.69 Å². The van der Waals surface area contributed by atoms with Gasteiger partial charge in [-0.2, -0.15) is 0 Å². The summed E-state index contributed by atoms with van der Waals surface area (Å²) in [5, 5.41) is 2.79. The van der Waals surface area contributed by atoms with Crippen LogP contribution >= 0.6 is 0 Å². The maximum atomic E-state index is 13.6. The highest BCUT2D eigenvalue weighted by Crippen LogP contribution is 2.28. The summed E-state index contributed by atoms with van der Waals surface area (Å²) in [7, 11) is -3.96. The zero-order valence-electron chi connectivity index (χ0n) is 19.4. The first-order chi connectivity index (χ1) is 15.7. The Morgan fingerprint density at radius 2 is 1.61 bits per heavy atom. The largest absolute Gasteiger partial charge is 0.491 e. The van der Waals surface area contributed by atoms with Gasteiger partial charge < -0.3 is 10.1 Å². The zero-order valence-corrected chi connectivity index (χ0v) is 20.2. The molecule has 3 rings (SSSR count). The number of carbonyl (C=O) groups is 1. The van der Waals surface area contributed by atoms with Crippen molar-refractivity contribution in [2.45, 2.75) is 45.1 Å². The molecule has 6 nitrogen and oxygen atoms in total. The molecule has 0 radical (unpaired) electrons. The van der Waals surface area contributed by atoms with E-state index in [1.165, 1.54) is 4.31 Å². The average molecular weight is 467 g/mol. The van der Waals surface area contributed by atoms with Gasteiger partial charge in [-0.15, -0.1) is 0 Å². The number of carbonyl (C=O) groups excluding carboxylic acids is 1. The van der Waals surface area contributed by atoms with Crippen LogP contribution in [0.2, 0.25) is 0 Å². The monoisotopic (exact) mass is 466 g/mol. The molecule has 3 aromatic rings. The van der Waals surface area contributed by atoms with Gasteiger partial charge in [0.1, 0.15) is 12.3 Å². The van der Waals surface area contributed by atoms with Crippen LogP contribution in [0.3, 0.4) is 0 Å². The van der Waals surface area contributed by atoms with Crippen LogP contribution in [0.5, 0.6) is 5.75 Å². The fourth-order valence-corrected chi connectivity index (χ4v) is 4.87. The van der Waals surface area contributed by atoms with Gasteiger partial charge in [-0.05, 0) is 75.2 Å². The Labute approximate surface area is 196 Å². The Hall–Kier alpha value is -3.32. The van der Waals surface area contributed by atoms with E-state index in [0.29, 0.717) is 23.5 Å². The quantitative estimate of drug-likeness (QED) is 0.472. The molecule has 0 saturated heterocycles. The number of nitrogens with one attached hydrogen (secondary N) is 1. The minimum atomic E-state index is -3.96. The molecule has 1 N–H and O–H groups in total. The topological polar surface area (TPSA) is 75.7 Å². The smallest absolute Gasteiger partial charge is 0.264 e. The van der Waals surface area contributed by atoms with E-state index in [9.17, 15) is 13.2 Å². The number of aryl methyl sites for hydroxylation is 2. The van der Waals surface area contributed by atoms with Gasteiger partial charge in [0.25, 0.3) is 10.0 Å². The Kier molecular flexibility index (Phi) is 7.76. The lowest BCUT2D eigenvalue weighted by molar-refractivity contribution is -0.114. The minimum absolute atomic E-state index is 0.0459. The molecular formula is C26H30N2O4S. The minimum Gasteiger partial charge on any atom is -0.491 e. The van der Waals surface area contributed by atoms with Crippen LogP contribution in [0.15, 0.2) is 77.7 Å². The van der Waals surface area contributed by atoms with Crippen LogP contribution in [0, 0.1) is 6.92 Å². The summed E-state index contributed by atoms with van der Waals surface area (Å²) in [4.78, 5) is 13.1. The molecule has 0 spiro atoms. The number of sulfonamides is 1. The van der Waals surface area contributed by atoms with E-state index in [1.807, 2.05) is 39.8 Å². The summed E-state index contributed by atoms with van der Waals surface area (Å²) in [5.74, 6) is 0.262. The van der Waals surface area contributed by atoms with Crippen molar-refractivity contribution in [1.82, 2.24) is 0 Å². The maximum Gasteiger partial charge on any atom is 0.264 e. The van der Waals surface area contributed by atoms with Gasteiger partial charge in [-0.1, -0.05) is 42.8 Å². The first-order valence-corrected chi connectivity index (χ1v) is 12.4. The number of amides is 1. The Bertz CT molecular complexity index is 1190. The second-order valence-electron chi connectivity index (χ2n) is 8.05. The van der Waals surface area contributed by atoms with E-state index in [2.05, 4.69) is 5.32 Å². The predicted molar refractivity (Wildman–Crippen MR) is 132 cm³/mol. The maximum absolute atomic E-state index is 13.6. The molecule has 0 aliphatic rings. The molecule has 0 atom stereocenters. The molecule has 0 bridgehead atoms. The second kappa shape index (κ2) is 10.5. The number of hydrogen-bond acceptors (Lipinski definition) is 4. The van der Waals surface area contributed by atoms with Crippen molar-refractivity contribution in [3.8, 4) is 5.75 Å². The highest BCUT2D eigenvalue weighted by molar-refractivity contribution is 7.92.